The number of benzene rings is 1. The van der Waals surface area contributed by atoms with Crippen LogP contribution in [0.2, 0.25) is 0 Å². The first-order chi connectivity index (χ1) is 10.7. The van der Waals surface area contributed by atoms with Crippen LogP contribution in [0.5, 0.6) is 0 Å². The van der Waals surface area contributed by atoms with Crippen molar-refractivity contribution in [2.75, 3.05) is 11.9 Å². The van der Waals surface area contributed by atoms with Gasteiger partial charge in [-0.1, -0.05) is 30.7 Å². The molecule has 2 heterocycles. The van der Waals surface area contributed by atoms with Gasteiger partial charge in [-0.2, -0.15) is 0 Å². The molecule has 1 aliphatic heterocycles. The largest absolute Gasteiger partial charge is 0.340 e. The number of hydrogen-bond acceptors (Lipinski definition) is 3. The minimum Gasteiger partial charge on any atom is -0.340 e. The Balaban J connectivity index is 1.73. The highest BCUT2D eigenvalue weighted by atomic mass is 15.2. The smallest absolute Gasteiger partial charge is 0.130 e. The molecular weight excluding hydrogens is 270 g/mol. The fourth-order valence-corrected chi connectivity index (χ4v) is 3.28. The molecule has 1 fully saturated rings. The zero-order valence-corrected chi connectivity index (χ0v) is 13.5. The lowest BCUT2D eigenvalue weighted by molar-refractivity contribution is 0.112. The van der Waals surface area contributed by atoms with Crippen LogP contribution in [-0.2, 0) is 0 Å². The van der Waals surface area contributed by atoms with Crippen molar-refractivity contribution in [3.05, 3.63) is 54.2 Å². The van der Waals surface area contributed by atoms with Crippen LogP contribution < -0.4 is 5.32 Å². The van der Waals surface area contributed by atoms with E-state index in [-0.39, 0.29) is 0 Å². The summed E-state index contributed by atoms with van der Waals surface area (Å²) in [7, 11) is 0. The number of pyridine rings is 1. The molecule has 0 aliphatic carbocycles. The van der Waals surface area contributed by atoms with E-state index in [2.05, 4.69) is 53.3 Å². The Morgan fingerprint density at radius 3 is 2.59 bits per heavy atom. The minimum atomic E-state index is 0.520. The lowest BCUT2D eigenvalue weighted by Gasteiger charge is -2.38. The van der Waals surface area contributed by atoms with Gasteiger partial charge >= 0.3 is 0 Å². The summed E-state index contributed by atoms with van der Waals surface area (Å²) in [5.74, 6) is 0.904. The average Bonchev–Trinajstić information content (AvgIpc) is 2.56. The molecule has 3 heteroatoms. The van der Waals surface area contributed by atoms with Gasteiger partial charge in [-0.15, -0.1) is 0 Å². The summed E-state index contributed by atoms with van der Waals surface area (Å²) in [6.45, 7) is 5.78. The second-order valence-corrected chi connectivity index (χ2v) is 6.31. The Hall–Kier alpha value is -1.87. The minimum absolute atomic E-state index is 0.520. The van der Waals surface area contributed by atoms with Crippen molar-refractivity contribution in [3.8, 4) is 0 Å². The van der Waals surface area contributed by atoms with Crippen LogP contribution >= 0.6 is 0 Å². The van der Waals surface area contributed by atoms with Crippen LogP contribution in [0.25, 0.3) is 0 Å². The number of para-hydroxylation sites is 1. The summed E-state index contributed by atoms with van der Waals surface area (Å²) in [6.07, 6.45) is 5.91. The molecule has 22 heavy (non-hydrogen) atoms. The van der Waals surface area contributed by atoms with Crippen molar-refractivity contribution in [2.24, 2.45) is 0 Å². The van der Waals surface area contributed by atoms with E-state index < -0.39 is 0 Å². The average molecular weight is 295 g/mol. The number of aromatic nitrogens is 1. The number of nitrogens with one attached hydrogen (secondary N) is 1. The molecule has 0 saturated carbocycles. The molecule has 1 N–H and O–H groups in total. The number of rotatable bonds is 4. The molecule has 116 valence electrons. The van der Waals surface area contributed by atoms with E-state index in [0.717, 1.165) is 11.5 Å². The summed E-state index contributed by atoms with van der Waals surface area (Å²) in [6, 6.07) is 15.6. The van der Waals surface area contributed by atoms with Gasteiger partial charge in [-0.05, 0) is 57.0 Å². The van der Waals surface area contributed by atoms with E-state index in [1.807, 2.05) is 24.4 Å². The SMILES string of the molecule is CC(C)N1CCCC[C@@H]1c1ccc(Nc2ccccc2)nc1. The lowest BCUT2D eigenvalue weighted by atomic mass is 9.95. The molecular formula is C19H25N3. The van der Waals surface area contributed by atoms with Crippen LogP contribution in [0.3, 0.4) is 0 Å². The normalized spacial score (nSPS) is 19.3. The Morgan fingerprint density at radius 1 is 1.09 bits per heavy atom. The first kappa shape index (κ1) is 15.0. The quantitative estimate of drug-likeness (QED) is 0.881. The van der Waals surface area contributed by atoms with Crippen LogP contribution in [0.15, 0.2) is 48.7 Å². The third-order valence-corrected chi connectivity index (χ3v) is 4.42. The maximum Gasteiger partial charge on any atom is 0.130 e. The monoisotopic (exact) mass is 295 g/mol. The topological polar surface area (TPSA) is 28.2 Å². The summed E-state index contributed by atoms with van der Waals surface area (Å²) >= 11 is 0. The molecule has 1 aromatic heterocycles. The first-order valence-electron chi connectivity index (χ1n) is 8.28. The van der Waals surface area contributed by atoms with E-state index in [1.165, 1.54) is 31.4 Å². The highest BCUT2D eigenvalue weighted by Crippen LogP contribution is 2.32. The van der Waals surface area contributed by atoms with Gasteiger partial charge < -0.3 is 5.32 Å². The predicted octanol–water partition coefficient (Wildman–Crippen LogP) is 4.76. The Morgan fingerprint density at radius 2 is 1.91 bits per heavy atom. The molecule has 1 atom stereocenters. The van der Waals surface area contributed by atoms with E-state index in [0.29, 0.717) is 12.1 Å². The van der Waals surface area contributed by atoms with Crippen LogP contribution in [-0.4, -0.2) is 22.5 Å². The molecule has 1 aliphatic rings. The third kappa shape index (κ3) is 3.47. The van der Waals surface area contributed by atoms with Crippen molar-refractivity contribution < 1.29 is 0 Å². The van der Waals surface area contributed by atoms with Crippen molar-refractivity contribution in [2.45, 2.75) is 45.2 Å². The molecule has 0 unspecified atom stereocenters. The van der Waals surface area contributed by atoms with Gasteiger partial charge in [0.25, 0.3) is 0 Å². The molecule has 0 spiro atoms. The van der Waals surface area contributed by atoms with Crippen LogP contribution in [0, 0.1) is 0 Å². The Labute approximate surface area is 133 Å². The first-order valence-corrected chi connectivity index (χ1v) is 8.28. The number of anilines is 2. The van der Waals surface area contributed by atoms with E-state index in [4.69, 9.17) is 0 Å². The van der Waals surface area contributed by atoms with Gasteiger partial charge in [0.15, 0.2) is 0 Å². The molecule has 0 amide bonds. The molecule has 0 radical (unpaired) electrons. The third-order valence-electron chi connectivity index (χ3n) is 4.42. The Kier molecular flexibility index (Phi) is 4.74. The predicted molar refractivity (Wildman–Crippen MR) is 92.4 cm³/mol. The van der Waals surface area contributed by atoms with Crippen molar-refractivity contribution in [1.82, 2.24) is 9.88 Å². The summed E-state index contributed by atoms with van der Waals surface area (Å²) in [5.41, 5.74) is 2.41. The second kappa shape index (κ2) is 6.93. The second-order valence-electron chi connectivity index (χ2n) is 6.31. The standard InChI is InChI=1S/C19H25N3/c1-15(2)22-13-7-6-10-18(22)16-11-12-19(20-14-16)21-17-8-4-3-5-9-17/h3-5,8-9,11-12,14-15,18H,6-7,10,13H2,1-2H3,(H,20,21)/t18-/m1/s1. The van der Waals surface area contributed by atoms with Crippen LogP contribution in [0.4, 0.5) is 11.5 Å². The maximum absolute atomic E-state index is 4.61. The zero-order chi connectivity index (χ0) is 15.4. The molecule has 1 aromatic carbocycles. The molecule has 1 saturated heterocycles. The number of piperidine rings is 1. The van der Waals surface area contributed by atoms with E-state index in [1.54, 1.807) is 0 Å². The van der Waals surface area contributed by atoms with Gasteiger partial charge in [-0.25, -0.2) is 4.98 Å². The van der Waals surface area contributed by atoms with Crippen LogP contribution in [0.1, 0.15) is 44.7 Å². The Bertz CT molecular complexity index is 577. The number of nitrogens with zero attached hydrogens (tertiary/aromatic N) is 2. The summed E-state index contributed by atoms with van der Waals surface area (Å²) < 4.78 is 0. The fourth-order valence-electron chi connectivity index (χ4n) is 3.28. The van der Waals surface area contributed by atoms with Gasteiger partial charge in [0.2, 0.25) is 0 Å². The number of likely N-dealkylation sites (tertiary alicyclic amines) is 1. The van der Waals surface area contributed by atoms with Gasteiger partial charge in [0.05, 0.1) is 0 Å². The zero-order valence-electron chi connectivity index (χ0n) is 13.5. The molecule has 3 rings (SSSR count). The van der Waals surface area contributed by atoms with E-state index >= 15 is 0 Å². The van der Waals surface area contributed by atoms with Crippen molar-refractivity contribution in [3.63, 3.8) is 0 Å². The highest BCUT2D eigenvalue weighted by Gasteiger charge is 2.25. The molecule has 3 nitrogen and oxygen atoms in total. The summed E-state index contributed by atoms with van der Waals surface area (Å²) in [4.78, 5) is 7.21. The highest BCUT2D eigenvalue weighted by molar-refractivity contribution is 5.55. The van der Waals surface area contributed by atoms with Gasteiger partial charge in [0, 0.05) is 24.0 Å². The maximum atomic E-state index is 4.61. The van der Waals surface area contributed by atoms with Gasteiger partial charge in [-0.3, -0.25) is 4.90 Å². The van der Waals surface area contributed by atoms with Crippen molar-refractivity contribution in [1.29, 1.82) is 0 Å². The molecule has 0 bridgehead atoms. The van der Waals surface area contributed by atoms with E-state index in [9.17, 15) is 0 Å². The lowest BCUT2D eigenvalue weighted by Crippen LogP contribution is -2.38. The number of hydrogen-bond donors (Lipinski definition) is 1. The van der Waals surface area contributed by atoms with Gasteiger partial charge in [0.1, 0.15) is 5.82 Å². The molecule has 2 aromatic rings. The fraction of sp³-hybridized carbons (Fsp3) is 0.421. The summed E-state index contributed by atoms with van der Waals surface area (Å²) in [5, 5.41) is 3.34. The van der Waals surface area contributed by atoms with Crippen molar-refractivity contribution >= 4 is 11.5 Å².